The minimum atomic E-state index is -4.53. The summed E-state index contributed by atoms with van der Waals surface area (Å²) in [6, 6.07) is 1.01. The van der Waals surface area contributed by atoms with Crippen LogP contribution in [0.3, 0.4) is 0 Å². The van der Waals surface area contributed by atoms with Gasteiger partial charge in [-0.2, -0.15) is 13.2 Å². The van der Waals surface area contributed by atoms with Crippen molar-refractivity contribution in [2.24, 2.45) is 5.92 Å². The van der Waals surface area contributed by atoms with E-state index in [-0.39, 0.29) is 36.5 Å². The lowest BCUT2D eigenvalue weighted by molar-refractivity contribution is -0.141. The summed E-state index contributed by atoms with van der Waals surface area (Å²) in [6.45, 7) is 0.716. The Morgan fingerprint density at radius 2 is 1.86 bits per heavy atom. The van der Waals surface area contributed by atoms with Gasteiger partial charge in [-0.05, 0) is 31.7 Å². The molecule has 156 valence electrons. The normalized spacial score (nSPS) is 19.6. The van der Waals surface area contributed by atoms with Crippen molar-refractivity contribution in [1.29, 1.82) is 0 Å². The molecule has 0 atom stereocenters. The van der Waals surface area contributed by atoms with Crippen molar-refractivity contribution in [3.8, 4) is 0 Å². The number of carbonyl (C=O) groups is 1. The molecule has 2 heterocycles. The fraction of sp³-hybridized carbons (Fsp3) is 0.706. The first kappa shape index (κ1) is 21.0. The Labute approximate surface area is 161 Å². The zero-order valence-electron chi connectivity index (χ0n) is 15.5. The van der Waals surface area contributed by atoms with Crippen LogP contribution in [-0.2, 0) is 27.4 Å². The zero-order valence-corrected chi connectivity index (χ0v) is 16.3. The Morgan fingerprint density at radius 3 is 2.39 bits per heavy atom. The van der Waals surface area contributed by atoms with Gasteiger partial charge in [0.25, 0.3) is 0 Å². The minimum absolute atomic E-state index is 0.0671. The third-order valence-corrected chi connectivity index (χ3v) is 6.32. The third-order valence-electron chi connectivity index (χ3n) is 5.02. The second kappa shape index (κ2) is 7.94. The Balaban J connectivity index is 1.53. The highest BCUT2D eigenvalue weighted by Crippen LogP contribution is 2.40. The second-order valence-electron chi connectivity index (χ2n) is 7.34. The summed E-state index contributed by atoms with van der Waals surface area (Å²) in [6.07, 6.45) is -0.781. The first-order chi connectivity index (χ1) is 13.0. The molecule has 0 aromatic carbocycles. The molecule has 2 aliphatic rings. The molecule has 1 saturated heterocycles. The van der Waals surface area contributed by atoms with Gasteiger partial charge >= 0.3 is 6.18 Å². The van der Waals surface area contributed by atoms with Crippen LogP contribution in [0.2, 0.25) is 0 Å². The molecule has 0 radical (unpaired) electrons. The molecule has 0 unspecified atom stereocenters. The van der Waals surface area contributed by atoms with Crippen LogP contribution in [0.1, 0.15) is 48.8 Å². The number of alkyl halides is 3. The Kier molecular flexibility index (Phi) is 5.95. The highest BCUT2D eigenvalue weighted by Gasteiger charge is 2.36. The zero-order chi connectivity index (χ0) is 20.5. The molecular formula is C17H23F3N4O3S. The number of piperidine rings is 1. The Morgan fingerprint density at radius 1 is 1.21 bits per heavy atom. The molecule has 1 N–H and O–H groups in total. The summed E-state index contributed by atoms with van der Waals surface area (Å²) in [5, 5.41) is 2.71. The quantitative estimate of drug-likeness (QED) is 0.756. The smallest absolute Gasteiger partial charge is 0.355 e. The number of hydrogen-bond donors (Lipinski definition) is 1. The van der Waals surface area contributed by atoms with E-state index in [0.29, 0.717) is 31.6 Å². The van der Waals surface area contributed by atoms with E-state index in [1.54, 1.807) is 0 Å². The highest BCUT2D eigenvalue weighted by atomic mass is 32.2. The lowest BCUT2D eigenvalue weighted by Gasteiger charge is -2.29. The number of nitrogens with zero attached hydrogens (tertiary/aromatic N) is 3. The van der Waals surface area contributed by atoms with Crippen molar-refractivity contribution in [1.82, 2.24) is 19.6 Å². The van der Waals surface area contributed by atoms with Gasteiger partial charge in [-0.25, -0.2) is 22.7 Å². The topological polar surface area (TPSA) is 92.3 Å². The van der Waals surface area contributed by atoms with Crippen molar-refractivity contribution in [3.05, 3.63) is 23.3 Å². The number of rotatable bonds is 6. The molecule has 0 spiro atoms. The molecule has 1 amide bonds. The van der Waals surface area contributed by atoms with E-state index >= 15 is 0 Å². The van der Waals surface area contributed by atoms with Gasteiger partial charge in [-0.3, -0.25) is 4.79 Å². The molecule has 1 aliphatic heterocycles. The number of carbonyl (C=O) groups excluding carboxylic acids is 1. The SMILES string of the molecule is CS(=O)(=O)N1CCC(C(=O)NCCc2nc(C3CC3)cc(C(F)(F)F)n2)CC1. The highest BCUT2D eigenvalue weighted by molar-refractivity contribution is 7.88. The Bertz CT molecular complexity index is 833. The standard InChI is InChI=1S/C17H23F3N4O3S/c1-28(26,27)24-8-5-12(6-9-24)16(25)21-7-4-15-22-13(11-2-3-11)10-14(23-15)17(18,19)20/h10-12H,2-9H2,1H3,(H,21,25). The molecule has 1 aromatic rings. The van der Waals surface area contributed by atoms with Gasteiger partial charge in [0.15, 0.2) is 0 Å². The third kappa shape index (κ3) is 5.40. The number of aromatic nitrogens is 2. The van der Waals surface area contributed by atoms with Crippen molar-refractivity contribution in [2.75, 3.05) is 25.9 Å². The lowest BCUT2D eigenvalue weighted by Crippen LogP contribution is -2.43. The number of hydrogen-bond acceptors (Lipinski definition) is 5. The van der Waals surface area contributed by atoms with Crippen LogP contribution in [0.25, 0.3) is 0 Å². The van der Waals surface area contributed by atoms with E-state index in [2.05, 4.69) is 15.3 Å². The van der Waals surface area contributed by atoms with Gasteiger partial charge in [0.1, 0.15) is 11.5 Å². The maximum absolute atomic E-state index is 13.0. The van der Waals surface area contributed by atoms with E-state index in [4.69, 9.17) is 0 Å². The van der Waals surface area contributed by atoms with Gasteiger partial charge < -0.3 is 5.32 Å². The summed E-state index contributed by atoms with van der Waals surface area (Å²) in [4.78, 5) is 20.1. The molecule has 1 aromatic heterocycles. The van der Waals surface area contributed by atoms with Crippen molar-refractivity contribution >= 4 is 15.9 Å². The van der Waals surface area contributed by atoms with Crippen LogP contribution in [0.4, 0.5) is 13.2 Å². The van der Waals surface area contributed by atoms with Crippen LogP contribution in [0, 0.1) is 5.92 Å². The summed E-state index contributed by atoms with van der Waals surface area (Å²) in [5.74, 6) is -0.383. The summed E-state index contributed by atoms with van der Waals surface area (Å²) >= 11 is 0. The van der Waals surface area contributed by atoms with Crippen molar-refractivity contribution in [3.63, 3.8) is 0 Å². The first-order valence-corrected chi connectivity index (χ1v) is 11.1. The molecular weight excluding hydrogens is 397 g/mol. The molecule has 1 saturated carbocycles. The molecule has 11 heteroatoms. The minimum Gasteiger partial charge on any atom is -0.355 e. The molecule has 3 rings (SSSR count). The largest absolute Gasteiger partial charge is 0.433 e. The fourth-order valence-electron chi connectivity index (χ4n) is 3.25. The van der Waals surface area contributed by atoms with Crippen molar-refractivity contribution in [2.45, 2.75) is 44.2 Å². The predicted molar refractivity (Wildman–Crippen MR) is 94.9 cm³/mol. The number of sulfonamides is 1. The molecule has 1 aliphatic carbocycles. The fourth-order valence-corrected chi connectivity index (χ4v) is 4.13. The average molecular weight is 420 g/mol. The van der Waals surface area contributed by atoms with Crippen LogP contribution in [-0.4, -0.2) is 54.5 Å². The van der Waals surface area contributed by atoms with Gasteiger partial charge in [0.2, 0.25) is 15.9 Å². The Hall–Kier alpha value is -1.75. The summed E-state index contributed by atoms with van der Waals surface area (Å²) in [5.41, 5.74) is -0.532. The lowest BCUT2D eigenvalue weighted by atomic mass is 9.97. The summed E-state index contributed by atoms with van der Waals surface area (Å²) in [7, 11) is -3.26. The molecule has 0 bridgehead atoms. The number of nitrogens with one attached hydrogen (secondary N) is 1. The van der Waals surface area contributed by atoms with Crippen LogP contribution >= 0.6 is 0 Å². The van der Waals surface area contributed by atoms with Gasteiger partial charge in [-0.15, -0.1) is 0 Å². The van der Waals surface area contributed by atoms with Crippen LogP contribution in [0.15, 0.2) is 6.07 Å². The van der Waals surface area contributed by atoms with E-state index in [1.165, 1.54) is 4.31 Å². The maximum atomic E-state index is 13.0. The van der Waals surface area contributed by atoms with Gasteiger partial charge in [0, 0.05) is 43.6 Å². The van der Waals surface area contributed by atoms with E-state index in [0.717, 1.165) is 25.2 Å². The number of halogens is 3. The predicted octanol–water partition coefficient (Wildman–Crippen LogP) is 1.70. The molecule has 28 heavy (non-hydrogen) atoms. The maximum Gasteiger partial charge on any atom is 0.433 e. The average Bonchev–Trinajstić information content (AvgIpc) is 3.45. The first-order valence-electron chi connectivity index (χ1n) is 9.22. The number of amides is 1. The van der Waals surface area contributed by atoms with E-state index < -0.39 is 21.9 Å². The van der Waals surface area contributed by atoms with Crippen LogP contribution in [0.5, 0.6) is 0 Å². The second-order valence-corrected chi connectivity index (χ2v) is 9.33. The van der Waals surface area contributed by atoms with E-state index in [9.17, 15) is 26.4 Å². The summed E-state index contributed by atoms with van der Waals surface area (Å²) < 4.78 is 63.4. The van der Waals surface area contributed by atoms with Gasteiger partial charge in [-0.1, -0.05) is 0 Å². The van der Waals surface area contributed by atoms with Crippen molar-refractivity contribution < 1.29 is 26.4 Å². The van der Waals surface area contributed by atoms with Gasteiger partial charge in [0.05, 0.1) is 6.26 Å². The van der Waals surface area contributed by atoms with E-state index in [1.807, 2.05) is 0 Å². The molecule has 2 fully saturated rings. The monoisotopic (exact) mass is 420 g/mol. The molecule has 7 nitrogen and oxygen atoms in total. The van der Waals surface area contributed by atoms with Crippen LogP contribution < -0.4 is 5.32 Å².